The molecule has 0 heterocycles. The zero-order chi connectivity index (χ0) is 27.7. The lowest BCUT2D eigenvalue weighted by Gasteiger charge is -2.28. The average Bonchev–Trinajstić information content (AvgIpc) is 2.75. The van der Waals surface area contributed by atoms with Crippen LogP contribution in [0.5, 0.6) is 0 Å². The van der Waals surface area contributed by atoms with Crippen molar-refractivity contribution < 1.29 is 84.1 Å². The number of aldehydes is 1. The minimum Gasteiger partial charge on any atom is -0.394 e. The third-order valence-corrected chi connectivity index (χ3v) is 5.16. The number of carbonyl (C=O) groups is 3. The van der Waals surface area contributed by atoms with Gasteiger partial charge < -0.3 is 50.0 Å². The molecule has 0 saturated heterocycles. The van der Waals surface area contributed by atoms with Crippen molar-refractivity contribution in [2.45, 2.75) is 55.7 Å². The van der Waals surface area contributed by atoms with Gasteiger partial charge in [-0.05, 0) is 0 Å². The van der Waals surface area contributed by atoms with Crippen LogP contribution in [0.2, 0.25) is 0 Å². The molecule has 0 saturated carbocycles. The van der Waals surface area contributed by atoms with Crippen LogP contribution in [-0.4, -0.2) is 137 Å². The molecular formula is C14H25NO18S2. The van der Waals surface area contributed by atoms with Gasteiger partial charge in [0, 0.05) is 6.92 Å². The van der Waals surface area contributed by atoms with Gasteiger partial charge in [-0.2, -0.15) is 16.8 Å². The topological polar surface area (TPSA) is 321 Å². The first-order chi connectivity index (χ1) is 15.9. The van der Waals surface area contributed by atoms with Gasteiger partial charge in [0.05, 0.1) is 13.2 Å². The Kier molecular flexibility index (Phi) is 13.2. The fraction of sp³-hybridized carbons (Fsp3) is 0.786. The van der Waals surface area contributed by atoms with E-state index in [9.17, 15) is 61.9 Å². The molecule has 0 aliphatic rings. The lowest BCUT2D eigenvalue weighted by molar-refractivity contribution is -0.150. The van der Waals surface area contributed by atoms with Gasteiger partial charge in [0.1, 0.15) is 36.6 Å². The summed E-state index contributed by atoms with van der Waals surface area (Å²) in [7, 11) is -10.7. The molecule has 1 amide bonds. The van der Waals surface area contributed by atoms with Crippen LogP contribution in [0.1, 0.15) is 6.92 Å². The van der Waals surface area contributed by atoms with E-state index < -0.39 is 101 Å². The SMILES string of the molecule is CC(=O)N[C@@H](C(=O)OS(=O)(=O)O[C@@H](C=O)[C@@H](O)[C@@H](O)[C@H](O)COS(=O)(=O)O)[C@@H](O)[C@@H](O)[C@H](O)CO. The summed E-state index contributed by atoms with van der Waals surface area (Å²) in [5, 5.41) is 68.5. The van der Waals surface area contributed by atoms with Crippen molar-refractivity contribution in [2.24, 2.45) is 0 Å². The molecule has 0 bridgehead atoms. The fourth-order valence-corrected chi connectivity index (χ4v) is 3.27. The standard InChI is InChI=1S/C14H25NO18S2/c1-5(18)15-9(13(24)10(21)6(19)2-16)14(25)33-35(29,30)32-8(3-17)12(23)11(22)7(20)4-31-34(26,27)28/h3,6-13,16,19-24H,2,4H2,1H3,(H,15,18)(H,26,27,28)/t6-,7-,8+,9-,10+,11+,12-,13-/m1/s1. The summed E-state index contributed by atoms with van der Waals surface area (Å²) in [6, 6.07) is -2.38. The van der Waals surface area contributed by atoms with E-state index in [1.54, 1.807) is 5.32 Å². The van der Waals surface area contributed by atoms with Crippen molar-refractivity contribution in [3.63, 3.8) is 0 Å². The van der Waals surface area contributed by atoms with Crippen LogP contribution in [0.25, 0.3) is 0 Å². The summed E-state index contributed by atoms with van der Waals surface area (Å²) in [4.78, 5) is 34.5. The lowest BCUT2D eigenvalue weighted by atomic mass is 10.0. The predicted molar refractivity (Wildman–Crippen MR) is 104 cm³/mol. The van der Waals surface area contributed by atoms with Crippen molar-refractivity contribution in [2.75, 3.05) is 13.2 Å². The lowest BCUT2D eigenvalue weighted by Crippen LogP contribution is -2.56. The fourth-order valence-electron chi connectivity index (χ4n) is 2.18. The van der Waals surface area contributed by atoms with Crippen LogP contribution in [0, 0.1) is 0 Å². The highest BCUT2D eigenvalue weighted by Gasteiger charge is 2.41. The van der Waals surface area contributed by atoms with Gasteiger partial charge in [0.25, 0.3) is 0 Å². The van der Waals surface area contributed by atoms with E-state index in [1.807, 2.05) is 0 Å². The van der Waals surface area contributed by atoms with Gasteiger partial charge >= 0.3 is 26.8 Å². The van der Waals surface area contributed by atoms with Crippen LogP contribution in [-0.2, 0) is 47.7 Å². The molecule has 0 aromatic heterocycles. The van der Waals surface area contributed by atoms with Crippen molar-refractivity contribution >= 4 is 39.0 Å². The smallest absolute Gasteiger partial charge is 0.394 e. The van der Waals surface area contributed by atoms with Crippen LogP contribution in [0.3, 0.4) is 0 Å². The molecule has 0 aromatic carbocycles. The molecule has 19 nitrogen and oxygen atoms in total. The van der Waals surface area contributed by atoms with E-state index in [-0.39, 0.29) is 0 Å². The van der Waals surface area contributed by atoms with Crippen molar-refractivity contribution in [3.05, 3.63) is 0 Å². The minimum atomic E-state index is -5.65. The normalized spacial score (nSPS) is 19.3. The van der Waals surface area contributed by atoms with Crippen molar-refractivity contribution in [3.8, 4) is 0 Å². The number of aliphatic hydroxyl groups is 7. The van der Waals surface area contributed by atoms with Gasteiger partial charge in [-0.25, -0.2) is 13.2 Å². The summed E-state index contributed by atoms with van der Waals surface area (Å²) in [5.41, 5.74) is 0. The average molecular weight is 559 g/mol. The second kappa shape index (κ2) is 14.0. The highest BCUT2D eigenvalue weighted by Crippen LogP contribution is 2.14. The van der Waals surface area contributed by atoms with E-state index >= 15 is 0 Å². The highest BCUT2D eigenvalue weighted by molar-refractivity contribution is 7.82. The van der Waals surface area contributed by atoms with Gasteiger partial charge in [-0.3, -0.25) is 9.35 Å². The Morgan fingerprint density at radius 2 is 1.43 bits per heavy atom. The quantitative estimate of drug-likeness (QED) is 0.0626. The predicted octanol–water partition coefficient (Wildman–Crippen LogP) is -7.16. The van der Waals surface area contributed by atoms with E-state index in [1.165, 1.54) is 0 Å². The Morgan fingerprint density at radius 1 is 0.914 bits per heavy atom. The number of aliphatic hydroxyl groups excluding tert-OH is 7. The first-order valence-electron chi connectivity index (χ1n) is 9.06. The third-order valence-electron chi connectivity index (χ3n) is 3.90. The molecule has 0 unspecified atom stereocenters. The van der Waals surface area contributed by atoms with Gasteiger partial charge in [0.2, 0.25) is 5.91 Å². The van der Waals surface area contributed by atoms with Crippen LogP contribution >= 0.6 is 0 Å². The molecule has 0 rings (SSSR count). The molecule has 9 N–H and O–H groups in total. The molecule has 21 heteroatoms. The zero-order valence-corrected chi connectivity index (χ0v) is 19.2. The molecule has 0 aliphatic heterocycles. The van der Waals surface area contributed by atoms with E-state index in [4.69, 9.17) is 9.66 Å². The van der Waals surface area contributed by atoms with E-state index in [0.29, 0.717) is 0 Å². The Morgan fingerprint density at radius 3 is 1.86 bits per heavy atom. The summed E-state index contributed by atoms with van der Waals surface area (Å²) in [6.07, 6.45) is -17.3. The summed E-state index contributed by atoms with van der Waals surface area (Å²) in [5.74, 6) is -3.11. The molecule has 0 fully saturated rings. The largest absolute Gasteiger partial charge is 0.452 e. The number of hydrogen-bond acceptors (Lipinski definition) is 17. The maximum absolute atomic E-state index is 12.2. The Bertz CT molecular complexity index is 921. The highest BCUT2D eigenvalue weighted by atomic mass is 32.3. The summed E-state index contributed by atoms with van der Waals surface area (Å²) in [6.45, 7) is -1.68. The number of hydrogen-bond donors (Lipinski definition) is 9. The first-order valence-corrected chi connectivity index (χ1v) is 11.8. The van der Waals surface area contributed by atoms with Gasteiger partial charge in [-0.15, -0.1) is 0 Å². The van der Waals surface area contributed by atoms with Crippen LogP contribution < -0.4 is 5.32 Å². The maximum atomic E-state index is 12.2. The van der Waals surface area contributed by atoms with E-state index in [0.717, 1.165) is 6.92 Å². The maximum Gasteiger partial charge on any atom is 0.452 e. The van der Waals surface area contributed by atoms with Crippen LogP contribution in [0.4, 0.5) is 0 Å². The number of nitrogens with one attached hydrogen (secondary N) is 1. The molecule has 206 valence electrons. The summed E-state index contributed by atoms with van der Waals surface area (Å²) < 4.78 is 65.0. The third kappa shape index (κ3) is 11.6. The second-order valence-corrected chi connectivity index (χ2v) is 8.94. The molecule has 35 heavy (non-hydrogen) atoms. The molecule has 0 aromatic rings. The van der Waals surface area contributed by atoms with Gasteiger partial charge in [-0.1, -0.05) is 0 Å². The van der Waals surface area contributed by atoms with Crippen molar-refractivity contribution in [1.82, 2.24) is 5.32 Å². The number of rotatable bonds is 16. The Hall–Kier alpha value is -1.89. The summed E-state index contributed by atoms with van der Waals surface area (Å²) >= 11 is 0. The molecule has 8 atom stereocenters. The van der Waals surface area contributed by atoms with Crippen molar-refractivity contribution in [1.29, 1.82) is 0 Å². The number of amides is 1. The molecule has 0 aliphatic carbocycles. The Balaban J connectivity index is 5.51. The van der Waals surface area contributed by atoms with E-state index in [2.05, 4.69) is 12.5 Å². The molecule has 0 radical (unpaired) electrons. The molecule has 0 spiro atoms. The number of carbonyl (C=O) groups excluding carboxylic acids is 3. The first kappa shape index (κ1) is 33.1. The monoisotopic (exact) mass is 559 g/mol. The van der Waals surface area contributed by atoms with Crippen LogP contribution in [0.15, 0.2) is 0 Å². The van der Waals surface area contributed by atoms with Gasteiger partial charge in [0.15, 0.2) is 18.4 Å². The zero-order valence-electron chi connectivity index (χ0n) is 17.6. The molecular weight excluding hydrogens is 534 g/mol. The Labute approximate surface area is 197 Å². The second-order valence-electron chi connectivity index (χ2n) is 6.68. The minimum absolute atomic E-state index is 0.447.